The first-order valence-corrected chi connectivity index (χ1v) is 4.77. The number of rotatable bonds is 2. The van der Waals surface area contributed by atoms with Gasteiger partial charge in [-0.25, -0.2) is 4.98 Å². The van der Waals surface area contributed by atoms with Crippen LogP contribution in [0, 0.1) is 0 Å². The Labute approximate surface area is 90.7 Å². The highest BCUT2D eigenvalue weighted by molar-refractivity contribution is 6.01. The summed E-state index contributed by atoms with van der Waals surface area (Å²) in [4.78, 5) is 4.40. The van der Waals surface area contributed by atoms with Crippen molar-refractivity contribution < 1.29 is 3.79 Å². The quantitative estimate of drug-likeness (QED) is 0.740. The van der Waals surface area contributed by atoms with E-state index in [0.29, 0.717) is 6.54 Å². The zero-order chi connectivity index (χ0) is 9.97. The number of fused-ring (bicyclic) bond motifs is 1. The minimum Gasteiger partial charge on any atom is -0.652 e. The third-order valence-corrected chi connectivity index (χ3v) is 2.33. The number of hydrogen-bond donors (Lipinski definition) is 1. The molecule has 0 bridgehead atoms. The average molecular weight is 200 g/mol. The number of nitrogens with zero attached hydrogens (tertiary/aromatic N) is 1. The van der Waals surface area contributed by atoms with Crippen LogP contribution in [0.5, 0.6) is 5.75 Å². The van der Waals surface area contributed by atoms with Gasteiger partial charge in [-0.15, -0.1) is 0 Å². The van der Waals surface area contributed by atoms with Crippen molar-refractivity contribution in [3.63, 3.8) is 0 Å². The van der Waals surface area contributed by atoms with Crippen LogP contribution in [0.4, 0.5) is 0 Å². The maximum Gasteiger partial charge on any atom is 0.482 e. The van der Waals surface area contributed by atoms with Crippen molar-refractivity contribution in [1.82, 2.24) is 4.98 Å². The van der Waals surface area contributed by atoms with E-state index >= 15 is 0 Å². The maximum atomic E-state index is 5.52. The predicted octanol–water partition coefficient (Wildman–Crippen LogP) is 1.16. The van der Waals surface area contributed by atoms with Gasteiger partial charge in [0.15, 0.2) is 0 Å². The molecule has 2 rings (SSSR count). The van der Waals surface area contributed by atoms with Crippen molar-refractivity contribution in [3.05, 3.63) is 36.0 Å². The summed E-state index contributed by atoms with van der Waals surface area (Å²) in [5.74, 6) is 0.753. The van der Waals surface area contributed by atoms with Gasteiger partial charge in [-0.2, -0.15) is 0 Å². The molecular formula is C10H9AlN2O. The van der Waals surface area contributed by atoms with E-state index in [1.54, 1.807) is 0 Å². The first kappa shape index (κ1) is 9.48. The molecular weight excluding hydrogens is 191 g/mol. The number of hydrogen-bond acceptors (Lipinski definition) is 3. The summed E-state index contributed by atoms with van der Waals surface area (Å²) >= 11 is 2.23. The third-order valence-electron chi connectivity index (χ3n) is 2.08. The number of aromatic nitrogens is 1. The fourth-order valence-electron chi connectivity index (χ4n) is 1.37. The molecule has 2 N–H and O–H groups in total. The molecule has 0 spiro atoms. The molecule has 0 saturated heterocycles. The standard InChI is InChI=1S/C10H10N2O.Al/c11-6-8-5-4-7-2-1-3-9(13)10(7)12-8;/h1-5,13H,6,11H2;/q;+1/p-1. The molecule has 1 heterocycles. The zero-order valence-electron chi connectivity index (χ0n) is 7.60. The van der Waals surface area contributed by atoms with Crippen LogP contribution in [0.25, 0.3) is 10.9 Å². The lowest BCUT2D eigenvalue weighted by Gasteiger charge is -2.07. The lowest BCUT2D eigenvalue weighted by Crippen LogP contribution is -2.00. The van der Waals surface area contributed by atoms with Gasteiger partial charge in [-0.1, -0.05) is 18.2 Å². The SMILES string of the molecule is NCc1ccc2cccc([O][Al])c2n1. The lowest BCUT2D eigenvalue weighted by atomic mass is 10.2. The van der Waals surface area contributed by atoms with Crippen molar-refractivity contribution in [2.45, 2.75) is 6.54 Å². The summed E-state index contributed by atoms with van der Waals surface area (Å²) in [7, 11) is 0. The molecule has 0 unspecified atom stereocenters. The molecule has 0 aliphatic rings. The molecule has 0 saturated carbocycles. The Bertz CT molecular complexity index is 459. The normalized spacial score (nSPS) is 10.4. The van der Waals surface area contributed by atoms with Gasteiger partial charge in [-0.05, 0) is 12.1 Å². The smallest absolute Gasteiger partial charge is 0.482 e. The summed E-state index contributed by atoms with van der Waals surface area (Å²) in [6.45, 7) is 0.446. The monoisotopic (exact) mass is 200 g/mol. The number of pyridine rings is 1. The number of benzene rings is 1. The Morgan fingerprint density at radius 1 is 1.29 bits per heavy atom. The molecule has 3 nitrogen and oxygen atoms in total. The molecule has 0 aliphatic heterocycles. The third kappa shape index (κ3) is 1.60. The molecule has 14 heavy (non-hydrogen) atoms. The van der Waals surface area contributed by atoms with E-state index in [4.69, 9.17) is 9.52 Å². The summed E-state index contributed by atoms with van der Waals surface area (Å²) in [5, 5.41) is 1.06. The van der Waals surface area contributed by atoms with E-state index in [-0.39, 0.29) is 0 Å². The molecule has 1 aromatic heterocycles. The Balaban J connectivity index is 2.70. The average Bonchev–Trinajstić information content (AvgIpc) is 2.27. The Hall–Kier alpha value is -1.08. The molecule has 0 amide bonds. The Morgan fingerprint density at radius 3 is 2.86 bits per heavy atom. The molecule has 2 radical (unpaired) electrons. The van der Waals surface area contributed by atoms with Gasteiger partial charge in [0, 0.05) is 11.9 Å². The van der Waals surface area contributed by atoms with E-state index in [2.05, 4.69) is 21.6 Å². The highest BCUT2D eigenvalue weighted by Crippen LogP contribution is 2.23. The van der Waals surface area contributed by atoms with Crippen molar-refractivity contribution in [2.24, 2.45) is 5.73 Å². The summed E-state index contributed by atoms with van der Waals surface area (Å²) in [5.41, 5.74) is 7.24. The molecule has 1 aromatic carbocycles. The van der Waals surface area contributed by atoms with Crippen LogP contribution in [0.2, 0.25) is 0 Å². The fourth-order valence-corrected chi connectivity index (χ4v) is 1.56. The molecule has 68 valence electrons. The number of para-hydroxylation sites is 1. The molecule has 0 aliphatic carbocycles. The Kier molecular flexibility index (Phi) is 2.69. The second-order valence-corrected chi connectivity index (χ2v) is 3.19. The first-order chi connectivity index (χ1) is 6.85. The van der Waals surface area contributed by atoms with Crippen LogP contribution in [0.15, 0.2) is 30.3 Å². The van der Waals surface area contributed by atoms with Crippen molar-refractivity contribution in [1.29, 1.82) is 0 Å². The van der Waals surface area contributed by atoms with Crippen LogP contribution < -0.4 is 9.52 Å². The van der Waals surface area contributed by atoms with Crippen molar-refractivity contribution in [2.75, 3.05) is 0 Å². The van der Waals surface area contributed by atoms with Gasteiger partial charge < -0.3 is 9.52 Å². The van der Waals surface area contributed by atoms with Gasteiger partial charge in [-0.3, -0.25) is 0 Å². The maximum absolute atomic E-state index is 5.52. The van der Waals surface area contributed by atoms with E-state index in [1.807, 2.05) is 30.3 Å². The van der Waals surface area contributed by atoms with Gasteiger partial charge in [0.25, 0.3) is 0 Å². The molecule has 0 fully saturated rings. The Morgan fingerprint density at radius 2 is 2.14 bits per heavy atom. The van der Waals surface area contributed by atoms with Crippen LogP contribution in [-0.2, 0) is 6.54 Å². The summed E-state index contributed by atoms with van der Waals surface area (Å²) in [6, 6.07) is 9.73. The highest BCUT2D eigenvalue weighted by Gasteiger charge is 2.01. The number of nitrogens with two attached hydrogens (primary N) is 1. The lowest BCUT2D eigenvalue weighted by molar-refractivity contribution is 0.621. The largest absolute Gasteiger partial charge is 0.652 e. The van der Waals surface area contributed by atoms with Crippen molar-refractivity contribution >= 4 is 27.5 Å². The van der Waals surface area contributed by atoms with Gasteiger partial charge >= 0.3 is 16.6 Å². The molecule has 0 atom stereocenters. The van der Waals surface area contributed by atoms with Gasteiger partial charge in [0.2, 0.25) is 0 Å². The van der Waals surface area contributed by atoms with Crippen LogP contribution in [0.1, 0.15) is 5.69 Å². The second kappa shape index (κ2) is 3.97. The summed E-state index contributed by atoms with van der Waals surface area (Å²) < 4.78 is 5.14. The van der Waals surface area contributed by atoms with Crippen molar-refractivity contribution in [3.8, 4) is 5.75 Å². The minimum atomic E-state index is 0.446. The second-order valence-electron chi connectivity index (χ2n) is 2.95. The van der Waals surface area contributed by atoms with E-state index < -0.39 is 0 Å². The van der Waals surface area contributed by atoms with E-state index in [9.17, 15) is 0 Å². The van der Waals surface area contributed by atoms with Crippen LogP contribution in [0.3, 0.4) is 0 Å². The van der Waals surface area contributed by atoms with E-state index in [1.165, 1.54) is 0 Å². The highest BCUT2D eigenvalue weighted by atomic mass is 27.1. The molecule has 4 heteroatoms. The van der Waals surface area contributed by atoms with Crippen LogP contribution >= 0.6 is 0 Å². The fraction of sp³-hybridized carbons (Fsp3) is 0.100. The minimum absolute atomic E-state index is 0.446. The summed E-state index contributed by atoms with van der Waals surface area (Å²) in [6.07, 6.45) is 0. The van der Waals surface area contributed by atoms with E-state index in [0.717, 1.165) is 22.3 Å². The first-order valence-electron chi connectivity index (χ1n) is 4.30. The van der Waals surface area contributed by atoms with Gasteiger partial charge in [0.05, 0.1) is 5.69 Å². The van der Waals surface area contributed by atoms with Crippen LogP contribution in [-0.4, -0.2) is 21.6 Å². The zero-order valence-corrected chi connectivity index (χ0v) is 8.76. The van der Waals surface area contributed by atoms with Gasteiger partial charge in [0.1, 0.15) is 11.3 Å². The molecule has 2 aromatic rings. The predicted molar refractivity (Wildman–Crippen MR) is 56.0 cm³/mol. The topological polar surface area (TPSA) is 48.1 Å².